The predicted octanol–water partition coefficient (Wildman–Crippen LogP) is 0.626. The van der Waals surface area contributed by atoms with Gasteiger partial charge in [0.05, 0.1) is 6.54 Å². The van der Waals surface area contributed by atoms with E-state index in [4.69, 9.17) is 10.7 Å². The third-order valence-electron chi connectivity index (χ3n) is 1.72. The SMILES string of the molecule is N#CC(=N)CN1CCCC1. The number of nitrogens with zero attached hydrogens (tertiary/aromatic N) is 2. The first-order valence-corrected chi connectivity index (χ1v) is 3.53. The van der Waals surface area contributed by atoms with Crippen molar-refractivity contribution in [3.63, 3.8) is 0 Å². The van der Waals surface area contributed by atoms with Crippen molar-refractivity contribution in [2.75, 3.05) is 19.6 Å². The van der Waals surface area contributed by atoms with Crippen molar-refractivity contribution in [3.05, 3.63) is 0 Å². The molecule has 0 unspecified atom stereocenters. The van der Waals surface area contributed by atoms with Gasteiger partial charge in [-0.05, 0) is 25.9 Å². The van der Waals surface area contributed by atoms with Crippen LogP contribution >= 0.6 is 0 Å². The number of likely N-dealkylation sites (tertiary alicyclic amines) is 1. The molecule has 1 aliphatic heterocycles. The van der Waals surface area contributed by atoms with E-state index in [0.29, 0.717) is 6.54 Å². The maximum absolute atomic E-state index is 8.29. The number of rotatable bonds is 2. The van der Waals surface area contributed by atoms with E-state index in [-0.39, 0.29) is 5.71 Å². The second kappa shape index (κ2) is 3.33. The molecule has 54 valence electrons. The zero-order valence-corrected chi connectivity index (χ0v) is 5.93. The maximum atomic E-state index is 8.29. The molecule has 0 bridgehead atoms. The number of hydrogen-bond donors (Lipinski definition) is 1. The lowest BCUT2D eigenvalue weighted by Gasteiger charge is -2.10. The molecule has 0 aromatic rings. The van der Waals surface area contributed by atoms with Crippen LogP contribution in [0.5, 0.6) is 0 Å². The minimum absolute atomic E-state index is 0.182. The molecule has 0 spiro atoms. The van der Waals surface area contributed by atoms with E-state index in [1.807, 2.05) is 6.07 Å². The molecular weight excluding hydrogens is 126 g/mol. The van der Waals surface area contributed by atoms with Crippen molar-refractivity contribution >= 4 is 5.71 Å². The van der Waals surface area contributed by atoms with Crippen LogP contribution in [0.2, 0.25) is 0 Å². The Morgan fingerprint density at radius 2 is 2.10 bits per heavy atom. The van der Waals surface area contributed by atoms with Crippen LogP contribution in [0.3, 0.4) is 0 Å². The highest BCUT2D eigenvalue weighted by Gasteiger charge is 2.12. The second-order valence-electron chi connectivity index (χ2n) is 2.57. The molecule has 1 saturated heterocycles. The van der Waals surface area contributed by atoms with Crippen molar-refractivity contribution in [2.24, 2.45) is 0 Å². The Bertz CT molecular complexity index is 162. The van der Waals surface area contributed by atoms with Crippen molar-refractivity contribution in [3.8, 4) is 6.07 Å². The lowest BCUT2D eigenvalue weighted by atomic mass is 10.4. The monoisotopic (exact) mass is 137 g/mol. The van der Waals surface area contributed by atoms with E-state index in [1.165, 1.54) is 12.8 Å². The smallest absolute Gasteiger partial charge is 0.123 e. The largest absolute Gasteiger partial charge is 0.297 e. The molecule has 3 nitrogen and oxygen atoms in total. The van der Waals surface area contributed by atoms with Gasteiger partial charge in [0.15, 0.2) is 0 Å². The van der Waals surface area contributed by atoms with Gasteiger partial charge in [-0.15, -0.1) is 0 Å². The minimum Gasteiger partial charge on any atom is -0.297 e. The second-order valence-corrected chi connectivity index (χ2v) is 2.57. The molecular formula is C7H11N3. The molecule has 0 aromatic heterocycles. The molecule has 0 aromatic carbocycles. The highest BCUT2D eigenvalue weighted by atomic mass is 15.1. The molecule has 1 rings (SSSR count). The summed E-state index contributed by atoms with van der Waals surface area (Å²) in [6, 6.07) is 1.83. The van der Waals surface area contributed by atoms with Crippen LogP contribution in [-0.4, -0.2) is 30.2 Å². The third-order valence-corrected chi connectivity index (χ3v) is 1.72. The van der Waals surface area contributed by atoms with Gasteiger partial charge in [0, 0.05) is 0 Å². The van der Waals surface area contributed by atoms with Crippen molar-refractivity contribution < 1.29 is 0 Å². The lowest BCUT2D eigenvalue weighted by molar-refractivity contribution is 0.388. The van der Waals surface area contributed by atoms with Gasteiger partial charge in [0.2, 0.25) is 0 Å². The van der Waals surface area contributed by atoms with Crippen molar-refractivity contribution in [1.29, 1.82) is 10.7 Å². The quantitative estimate of drug-likeness (QED) is 0.567. The fourth-order valence-electron chi connectivity index (χ4n) is 1.20. The normalized spacial score (nSPS) is 18.7. The summed E-state index contributed by atoms with van der Waals surface area (Å²) < 4.78 is 0. The fourth-order valence-corrected chi connectivity index (χ4v) is 1.20. The summed E-state index contributed by atoms with van der Waals surface area (Å²) >= 11 is 0. The average Bonchev–Trinajstić information content (AvgIpc) is 2.40. The van der Waals surface area contributed by atoms with Crippen molar-refractivity contribution in [2.45, 2.75) is 12.8 Å². The Kier molecular flexibility index (Phi) is 2.41. The molecule has 3 heteroatoms. The van der Waals surface area contributed by atoms with Crippen LogP contribution in [0.4, 0.5) is 0 Å². The number of nitrogens with one attached hydrogen (secondary N) is 1. The van der Waals surface area contributed by atoms with Crippen molar-refractivity contribution in [1.82, 2.24) is 4.90 Å². The van der Waals surface area contributed by atoms with E-state index in [1.54, 1.807) is 0 Å². The Hall–Kier alpha value is -0.880. The van der Waals surface area contributed by atoms with E-state index >= 15 is 0 Å². The van der Waals surface area contributed by atoms with Gasteiger partial charge in [-0.1, -0.05) is 0 Å². The molecule has 1 aliphatic rings. The third kappa shape index (κ3) is 1.82. The van der Waals surface area contributed by atoms with Gasteiger partial charge >= 0.3 is 0 Å². The van der Waals surface area contributed by atoms with Gasteiger partial charge in [-0.3, -0.25) is 10.3 Å². The Balaban J connectivity index is 2.25. The molecule has 1 N–H and O–H groups in total. The highest BCUT2D eigenvalue weighted by Crippen LogP contribution is 2.05. The van der Waals surface area contributed by atoms with Crippen LogP contribution in [0.15, 0.2) is 0 Å². The summed E-state index contributed by atoms with van der Waals surface area (Å²) in [5, 5.41) is 15.4. The highest BCUT2D eigenvalue weighted by molar-refractivity contribution is 5.97. The maximum Gasteiger partial charge on any atom is 0.123 e. The first-order chi connectivity index (χ1) is 4.83. The number of nitriles is 1. The summed E-state index contributed by atoms with van der Waals surface area (Å²) in [7, 11) is 0. The first-order valence-electron chi connectivity index (χ1n) is 3.53. The lowest BCUT2D eigenvalue weighted by Crippen LogP contribution is -2.25. The van der Waals surface area contributed by atoms with E-state index in [2.05, 4.69) is 4.90 Å². The van der Waals surface area contributed by atoms with Crippen LogP contribution in [0.1, 0.15) is 12.8 Å². The zero-order valence-electron chi connectivity index (χ0n) is 5.93. The van der Waals surface area contributed by atoms with Gasteiger partial charge in [-0.25, -0.2) is 0 Å². The summed E-state index contributed by atoms with van der Waals surface area (Å²) in [4.78, 5) is 2.14. The first kappa shape index (κ1) is 7.23. The van der Waals surface area contributed by atoms with E-state index in [0.717, 1.165) is 13.1 Å². The Morgan fingerprint density at radius 1 is 1.50 bits per heavy atom. The average molecular weight is 137 g/mol. The zero-order chi connectivity index (χ0) is 7.40. The number of hydrogen-bond acceptors (Lipinski definition) is 3. The van der Waals surface area contributed by atoms with Gasteiger partial charge in [0.25, 0.3) is 0 Å². The molecule has 0 aliphatic carbocycles. The van der Waals surface area contributed by atoms with Crippen LogP contribution in [-0.2, 0) is 0 Å². The molecule has 10 heavy (non-hydrogen) atoms. The summed E-state index contributed by atoms with van der Waals surface area (Å²) in [5.41, 5.74) is 0.182. The summed E-state index contributed by atoms with van der Waals surface area (Å²) in [5.74, 6) is 0. The molecule has 0 radical (unpaired) electrons. The standard InChI is InChI=1S/C7H11N3/c8-5-7(9)6-10-3-1-2-4-10/h9H,1-4,6H2. The fraction of sp³-hybridized carbons (Fsp3) is 0.714. The van der Waals surface area contributed by atoms with E-state index in [9.17, 15) is 0 Å². The van der Waals surface area contributed by atoms with E-state index < -0.39 is 0 Å². The molecule has 0 saturated carbocycles. The molecule has 1 fully saturated rings. The van der Waals surface area contributed by atoms with Crippen LogP contribution < -0.4 is 0 Å². The summed E-state index contributed by atoms with van der Waals surface area (Å²) in [6.45, 7) is 2.67. The Morgan fingerprint density at radius 3 is 2.60 bits per heavy atom. The van der Waals surface area contributed by atoms with Crippen LogP contribution in [0.25, 0.3) is 0 Å². The van der Waals surface area contributed by atoms with Crippen LogP contribution in [0, 0.1) is 16.7 Å². The Labute approximate surface area is 60.8 Å². The summed E-state index contributed by atoms with van der Waals surface area (Å²) in [6.07, 6.45) is 2.44. The molecule has 0 atom stereocenters. The van der Waals surface area contributed by atoms with Gasteiger partial charge in [0.1, 0.15) is 11.8 Å². The molecule has 0 amide bonds. The minimum atomic E-state index is 0.182. The molecule has 1 heterocycles. The van der Waals surface area contributed by atoms with Gasteiger partial charge < -0.3 is 0 Å². The van der Waals surface area contributed by atoms with Gasteiger partial charge in [-0.2, -0.15) is 5.26 Å². The topological polar surface area (TPSA) is 50.9 Å². The predicted molar refractivity (Wildman–Crippen MR) is 39.0 cm³/mol.